The quantitative estimate of drug-likeness (QED) is 0.446. The van der Waals surface area contributed by atoms with E-state index in [0.29, 0.717) is 11.4 Å². The molecule has 0 saturated heterocycles. The number of nitrogens with one attached hydrogen (secondary N) is 3. The molecule has 0 bridgehead atoms. The Morgan fingerprint density at radius 1 is 0.840 bits per heavy atom. The number of hydrogen-bond acceptors (Lipinski definition) is 2. The van der Waals surface area contributed by atoms with Crippen molar-refractivity contribution in [3.63, 3.8) is 0 Å². The van der Waals surface area contributed by atoms with Crippen LogP contribution in [-0.2, 0) is 9.36 Å². The number of aryl methyl sites for hydroxylation is 2. The first-order valence-corrected chi connectivity index (χ1v) is 10.1. The molecule has 3 N–H and O–H groups in total. The number of hydrogen-bond donors (Lipinski definition) is 3. The van der Waals surface area contributed by atoms with Crippen LogP contribution in [0.2, 0.25) is 0 Å². The highest BCUT2D eigenvalue weighted by molar-refractivity contribution is 7.65. The van der Waals surface area contributed by atoms with Crippen LogP contribution < -0.4 is 15.3 Å². The maximum absolute atomic E-state index is 13.2. The number of alkyl halides is 3. The van der Waals surface area contributed by atoms with Gasteiger partial charge in [0.15, 0.2) is 0 Å². The molecule has 25 heavy (non-hydrogen) atoms. The van der Waals surface area contributed by atoms with E-state index in [4.69, 9.17) is 34.8 Å². The molecule has 0 aliphatic heterocycles. The monoisotopic (exact) mass is 419 g/mol. The van der Waals surface area contributed by atoms with E-state index in [9.17, 15) is 9.36 Å². The Morgan fingerprint density at radius 3 is 1.52 bits per heavy atom. The average Bonchev–Trinajstić information content (AvgIpc) is 2.51. The van der Waals surface area contributed by atoms with E-state index in [1.807, 2.05) is 38.1 Å². The summed E-state index contributed by atoms with van der Waals surface area (Å²) in [6.45, 7) is 3.86. The molecule has 0 atom stereocenters. The topological polar surface area (TPSA) is 70.2 Å². The first kappa shape index (κ1) is 19.9. The second kappa shape index (κ2) is 7.88. The van der Waals surface area contributed by atoms with Gasteiger partial charge in [0.25, 0.3) is 9.70 Å². The summed E-state index contributed by atoms with van der Waals surface area (Å²) in [5.41, 5.74) is 3.16. The van der Waals surface area contributed by atoms with Crippen molar-refractivity contribution in [3.05, 3.63) is 59.7 Å². The second-order valence-corrected chi connectivity index (χ2v) is 9.67. The number of rotatable bonds is 5. The van der Waals surface area contributed by atoms with Crippen molar-refractivity contribution in [2.75, 3.05) is 10.2 Å². The predicted octanol–water partition coefficient (Wildman–Crippen LogP) is 5.42. The molecule has 0 saturated carbocycles. The predicted molar refractivity (Wildman–Crippen MR) is 106 cm³/mol. The van der Waals surface area contributed by atoms with Gasteiger partial charge in [0.05, 0.1) is 0 Å². The van der Waals surface area contributed by atoms with Gasteiger partial charge in [0.1, 0.15) is 0 Å². The highest BCUT2D eigenvalue weighted by Gasteiger charge is 2.36. The molecular formula is C16H17Cl3N3O2P. The Balaban J connectivity index is 2.29. The number of benzene rings is 2. The summed E-state index contributed by atoms with van der Waals surface area (Å²) >= 11 is 16.7. The lowest BCUT2D eigenvalue weighted by molar-refractivity contribution is -0.118. The number of amides is 1. The van der Waals surface area contributed by atoms with Crippen molar-refractivity contribution in [1.82, 2.24) is 5.09 Å². The molecule has 2 aromatic rings. The van der Waals surface area contributed by atoms with Gasteiger partial charge in [-0.25, -0.2) is 0 Å². The number of anilines is 2. The number of halogens is 3. The van der Waals surface area contributed by atoms with E-state index in [2.05, 4.69) is 15.3 Å². The maximum atomic E-state index is 13.2. The fraction of sp³-hybridized carbons (Fsp3) is 0.188. The van der Waals surface area contributed by atoms with E-state index in [0.717, 1.165) is 11.1 Å². The molecular weight excluding hydrogens is 404 g/mol. The third-order valence-corrected chi connectivity index (χ3v) is 5.37. The summed E-state index contributed by atoms with van der Waals surface area (Å²) < 4.78 is 11.0. The first-order valence-electron chi connectivity index (χ1n) is 7.27. The first-order chi connectivity index (χ1) is 11.6. The Hall–Kier alpha value is -1.39. The van der Waals surface area contributed by atoms with Crippen LogP contribution in [0, 0.1) is 13.8 Å². The zero-order chi connectivity index (χ0) is 18.7. The van der Waals surface area contributed by atoms with E-state index >= 15 is 0 Å². The minimum atomic E-state index is -3.70. The largest absolute Gasteiger partial charge is 0.355 e. The molecule has 0 aromatic heterocycles. The van der Waals surface area contributed by atoms with Crippen LogP contribution in [0.4, 0.5) is 11.4 Å². The van der Waals surface area contributed by atoms with Crippen LogP contribution in [0.25, 0.3) is 0 Å². The van der Waals surface area contributed by atoms with Gasteiger partial charge in [-0.1, -0.05) is 70.2 Å². The van der Waals surface area contributed by atoms with Gasteiger partial charge in [-0.3, -0.25) is 14.4 Å². The molecule has 0 radical (unpaired) electrons. The van der Waals surface area contributed by atoms with Crippen molar-refractivity contribution in [1.29, 1.82) is 0 Å². The third kappa shape index (κ3) is 6.12. The van der Waals surface area contributed by atoms with Crippen molar-refractivity contribution in [2.24, 2.45) is 0 Å². The lowest BCUT2D eigenvalue weighted by Crippen LogP contribution is -2.36. The summed E-state index contributed by atoms with van der Waals surface area (Å²) in [5, 5.41) is 7.83. The summed E-state index contributed by atoms with van der Waals surface area (Å²) in [4.78, 5) is 12.0. The van der Waals surface area contributed by atoms with Crippen LogP contribution >= 0.6 is 42.4 Å². The van der Waals surface area contributed by atoms with Gasteiger partial charge >= 0.3 is 7.59 Å². The van der Waals surface area contributed by atoms with Crippen LogP contribution in [0.1, 0.15) is 11.1 Å². The van der Waals surface area contributed by atoms with Gasteiger partial charge in [-0.2, -0.15) is 0 Å². The standard InChI is InChI=1S/C16H17Cl3N3O2P/c1-11-3-7-13(8-4-11)20-25(24,22-15(23)16(17,18)19)21-14-9-5-12(2)6-10-14/h3-10H,1-2H3,(H3,20,21,22,23,24). The highest BCUT2D eigenvalue weighted by Crippen LogP contribution is 2.43. The molecule has 0 unspecified atom stereocenters. The third-order valence-electron chi connectivity index (χ3n) is 3.19. The minimum Gasteiger partial charge on any atom is -0.304 e. The van der Waals surface area contributed by atoms with Crippen LogP contribution in [0.15, 0.2) is 48.5 Å². The molecule has 9 heteroatoms. The average molecular weight is 421 g/mol. The maximum Gasteiger partial charge on any atom is 0.355 e. The Morgan fingerprint density at radius 2 is 1.20 bits per heavy atom. The lowest BCUT2D eigenvalue weighted by atomic mass is 10.2. The molecule has 0 aliphatic carbocycles. The Bertz CT molecular complexity index is 738. The highest BCUT2D eigenvalue weighted by atomic mass is 35.6. The summed E-state index contributed by atoms with van der Waals surface area (Å²) in [7, 11) is -3.70. The zero-order valence-electron chi connectivity index (χ0n) is 13.5. The number of carbonyl (C=O) groups is 1. The molecule has 0 fully saturated rings. The summed E-state index contributed by atoms with van der Waals surface area (Å²) in [6.07, 6.45) is 0. The van der Waals surface area contributed by atoms with Gasteiger partial charge in [-0.05, 0) is 38.1 Å². The van der Waals surface area contributed by atoms with Crippen molar-refractivity contribution >= 4 is 59.7 Å². The molecule has 0 aliphatic rings. The fourth-order valence-corrected chi connectivity index (χ4v) is 3.90. The molecule has 1 amide bonds. The zero-order valence-corrected chi connectivity index (χ0v) is 16.7. The molecule has 2 rings (SSSR count). The lowest BCUT2D eigenvalue weighted by Gasteiger charge is -2.25. The molecule has 0 heterocycles. The van der Waals surface area contributed by atoms with Gasteiger partial charge < -0.3 is 10.2 Å². The van der Waals surface area contributed by atoms with E-state index in [-0.39, 0.29) is 0 Å². The smallest absolute Gasteiger partial charge is 0.304 e. The van der Waals surface area contributed by atoms with E-state index < -0.39 is 17.3 Å². The second-order valence-electron chi connectivity index (χ2n) is 5.50. The van der Waals surface area contributed by atoms with Gasteiger partial charge in [0.2, 0.25) is 0 Å². The van der Waals surface area contributed by atoms with Crippen LogP contribution in [-0.4, -0.2) is 9.70 Å². The van der Waals surface area contributed by atoms with Crippen molar-refractivity contribution < 1.29 is 9.36 Å². The van der Waals surface area contributed by atoms with Crippen LogP contribution in [0.5, 0.6) is 0 Å². The SMILES string of the molecule is Cc1ccc(NP(=O)(NC(=O)C(Cl)(Cl)Cl)Nc2ccc(C)cc2)cc1. The number of carbonyl (C=O) groups excluding carboxylic acids is 1. The Kier molecular flexibility index (Phi) is 6.28. The van der Waals surface area contributed by atoms with Crippen molar-refractivity contribution in [3.8, 4) is 0 Å². The van der Waals surface area contributed by atoms with Gasteiger partial charge in [-0.15, -0.1) is 0 Å². The Labute approximate surface area is 161 Å². The minimum absolute atomic E-state index is 0.540. The molecule has 2 aromatic carbocycles. The van der Waals surface area contributed by atoms with E-state index in [1.165, 1.54) is 0 Å². The molecule has 134 valence electrons. The van der Waals surface area contributed by atoms with Gasteiger partial charge in [0, 0.05) is 11.4 Å². The molecule has 5 nitrogen and oxygen atoms in total. The normalized spacial score (nSPS) is 11.7. The van der Waals surface area contributed by atoms with E-state index in [1.54, 1.807) is 24.3 Å². The van der Waals surface area contributed by atoms with Crippen molar-refractivity contribution in [2.45, 2.75) is 17.6 Å². The fourth-order valence-electron chi connectivity index (χ4n) is 1.91. The van der Waals surface area contributed by atoms with Crippen LogP contribution in [0.3, 0.4) is 0 Å². The summed E-state index contributed by atoms with van der Waals surface area (Å²) in [6, 6.07) is 14.3. The summed E-state index contributed by atoms with van der Waals surface area (Å²) in [5.74, 6) is -1.000. The molecule has 0 spiro atoms.